The molecule has 5 heteroatoms. The van der Waals surface area contributed by atoms with Crippen LogP contribution < -0.4 is 4.90 Å². The van der Waals surface area contributed by atoms with Crippen molar-refractivity contribution in [1.29, 1.82) is 0 Å². The lowest BCUT2D eigenvalue weighted by atomic mass is 10.1. The molecule has 3 nitrogen and oxygen atoms in total. The van der Waals surface area contributed by atoms with Crippen LogP contribution in [-0.2, 0) is 0 Å². The number of thiophene rings is 1. The van der Waals surface area contributed by atoms with Gasteiger partial charge in [0.05, 0.1) is 5.02 Å². The van der Waals surface area contributed by atoms with Crippen molar-refractivity contribution < 1.29 is 4.79 Å². The fraction of sp³-hybridized carbons (Fsp3) is 0.286. The SMILES string of the molecule is Cc1ccc2c(Cl)c(C(=O)N3CCN(c4ccccc4C)CC3)sc2c1. The van der Waals surface area contributed by atoms with Crippen LogP contribution in [0.4, 0.5) is 5.69 Å². The van der Waals surface area contributed by atoms with E-state index in [9.17, 15) is 4.79 Å². The van der Waals surface area contributed by atoms with Crippen LogP contribution >= 0.6 is 22.9 Å². The largest absolute Gasteiger partial charge is 0.368 e. The number of halogens is 1. The first-order valence-electron chi connectivity index (χ1n) is 8.83. The van der Waals surface area contributed by atoms with Crippen molar-refractivity contribution in [3.63, 3.8) is 0 Å². The predicted molar refractivity (Wildman–Crippen MR) is 111 cm³/mol. The third-order valence-electron chi connectivity index (χ3n) is 5.00. The maximum Gasteiger partial charge on any atom is 0.265 e. The highest BCUT2D eigenvalue weighted by atomic mass is 35.5. The van der Waals surface area contributed by atoms with E-state index in [0.717, 1.165) is 36.3 Å². The zero-order chi connectivity index (χ0) is 18.3. The van der Waals surface area contributed by atoms with Gasteiger partial charge in [0, 0.05) is 42.0 Å². The van der Waals surface area contributed by atoms with E-state index in [2.05, 4.69) is 49.1 Å². The Hall–Kier alpha value is -2.04. The fourth-order valence-corrected chi connectivity index (χ4v) is 5.10. The molecule has 1 amide bonds. The Morgan fingerprint density at radius 2 is 1.77 bits per heavy atom. The third-order valence-corrected chi connectivity index (χ3v) is 6.65. The lowest BCUT2D eigenvalue weighted by molar-refractivity contribution is 0.0752. The van der Waals surface area contributed by atoms with Gasteiger partial charge in [0.1, 0.15) is 4.88 Å². The van der Waals surface area contributed by atoms with Crippen molar-refractivity contribution in [3.8, 4) is 0 Å². The van der Waals surface area contributed by atoms with Crippen molar-refractivity contribution in [2.24, 2.45) is 0 Å². The number of aryl methyl sites for hydroxylation is 2. The Labute approximate surface area is 162 Å². The van der Waals surface area contributed by atoms with Gasteiger partial charge in [0.25, 0.3) is 5.91 Å². The number of fused-ring (bicyclic) bond motifs is 1. The number of carbonyl (C=O) groups is 1. The highest BCUT2D eigenvalue weighted by molar-refractivity contribution is 7.21. The van der Waals surface area contributed by atoms with Crippen molar-refractivity contribution in [3.05, 3.63) is 63.5 Å². The molecule has 0 N–H and O–H groups in total. The second-order valence-electron chi connectivity index (χ2n) is 6.81. The van der Waals surface area contributed by atoms with Crippen molar-refractivity contribution in [2.45, 2.75) is 13.8 Å². The van der Waals surface area contributed by atoms with E-state index in [4.69, 9.17) is 11.6 Å². The minimum atomic E-state index is 0.0540. The number of benzene rings is 2. The number of carbonyl (C=O) groups excluding carboxylic acids is 1. The minimum Gasteiger partial charge on any atom is -0.368 e. The zero-order valence-corrected chi connectivity index (χ0v) is 16.5. The van der Waals surface area contributed by atoms with Crippen LogP contribution in [0, 0.1) is 13.8 Å². The molecule has 26 heavy (non-hydrogen) atoms. The van der Waals surface area contributed by atoms with Gasteiger partial charge in [0.15, 0.2) is 0 Å². The van der Waals surface area contributed by atoms with Gasteiger partial charge in [0.2, 0.25) is 0 Å². The zero-order valence-electron chi connectivity index (χ0n) is 15.0. The molecule has 2 heterocycles. The van der Waals surface area contributed by atoms with Crippen LogP contribution in [0.25, 0.3) is 10.1 Å². The van der Waals surface area contributed by atoms with E-state index in [1.807, 2.05) is 17.0 Å². The number of para-hydroxylation sites is 1. The molecule has 134 valence electrons. The normalized spacial score (nSPS) is 14.9. The molecular weight excluding hydrogens is 364 g/mol. The molecule has 1 aliphatic heterocycles. The standard InChI is InChI=1S/C21H21ClN2OS/c1-14-7-8-16-18(13-14)26-20(19(16)22)21(25)24-11-9-23(10-12-24)17-6-4-3-5-15(17)2/h3-8,13H,9-12H2,1-2H3. The highest BCUT2D eigenvalue weighted by Crippen LogP contribution is 2.36. The van der Waals surface area contributed by atoms with Crippen LogP contribution in [0.15, 0.2) is 42.5 Å². The summed E-state index contributed by atoms with van der Waals surface area (Å²) < 4.78 is 1.08. The summed E-state index contributed by atoms with van der Waals surface area (Å²) in [4.78, 5) is 18.0. The van der Waals surface area contributed by atoms with Crippen LogP contribution in [0.5, 0.6) is 0 Å². The number of hydrogen-bond donors (Lipinski definition) is 0. The number of hydrogen-bond acceptors (Lipinski definition) is 3. The van der Waals surface area contributed by atoms with Gasteiger partial charge in [-0.2, -0.15) is 0 Å². The number of anilines is 1. The first kappa shape index (κ1) is 17.4. The lowest BCUT2D eigenvalue weighted by Crippen LogP contribution is -2.48. The van der Waals surface area contributed by atoms with E-state index in [0.29, 0.717) is 9.90 Å². The monoisotopic (exact) mass is 384 g/mol. The molecule has 1 saturated heterocycles. The summed E-state index contributed by atoms with van der Waals surface area (Å²) in [7, 11) is 0. The number of nitrogens with zero attached hydrogens (tertiary/aromatic N) is 2. The summed E-state index contributed by atoms with van der Waals surface area (Å²) >= 11 is 8.02. The molecule has 0 unspecified atom stereocenters. The lowest BCUT2D eigenvalue weighted by Gasteiger charge is -2.36. The van der Waals surface area contributed by atoms with E-state index in [1.165, 1.54) is 28.2 Å². The minimum absolute atomic E-state index is 0.0540. The average molecular weight is 385 g/mol. The molecular formula is C21H21ClN2OS. The van der Waals surface area contributed by atoms with E-state index in [1.54, 1.807) is 0 Å². The van der Waals surface area contributed by atoms with Crippen LogP contribution in [-0.4, -0.2) is 37.0 Å². The summed E-state index contributed by atoms with van der Waals surface area (Å²) in [6.45, 7) is 7.31. The summed E-state index contributed by atoms with van der Waals surface area (Å²) in [6.07, 6.45) is 0. The summed E-state index contributed by atoms with van der Waals surface area (Å²) in [6, 6.07) is 14.6. The van der Waals surface area contributed by atoms with Crippen molar-refractivity contribution in [2.75, 3.05) is 31.1 Å². The van der Waals surface area contributed by atoms with Gasteiger partial charge in [-0.05, 0) is 37.1 Å². The molecule has 0 saturated carbocycles. The van der Waals surface area contributed by atoms with Gasteiger partial charge in [-0.25, -0.2) is 0 Å². The molecule has 3 aromatic rings. The van der Waals surface area contributed by atoms with E-state index >= 15 is 0 Å². The van der Waals surface area contributed by atoms with Gasteiger partial charge in [-0.1, -0.05) is 41.9 Å². The number of rotatable bonds is 2. The number of piperazine rings is 1. The van der Waals surface area contributed by atoms with Crippen molar-refractivity contribution >= 4 is 44.6 Å². The highest BCUT2D eigenvalue weighted by Gasteiger charge is 2.26. The average Bonchev–Trinajstić information content (AvgIpc) is 2.97. The quantitative estimate of drug-likeness (QED) is 0.611. The van der Waals surface area contributed by atoms with Gasteiger partial charge < -0.3 is 9.80 Å². The first-order chi connectivity index (χ1) is 12.5. The molecule has 0 bridgehead atoms. The van der Waals surface area contributed by atoms with Crippen LogP contribution in [0.3, 0.4) is 0 Å². The molecule has 1 aromatic heterocycles. The Morgan fingerprint density at radius 3 is 2.50 bits per heavy atom. The van der Waals surface area contributed by atoms with Crippen molar-refractivity contribution in [1.82, 2.24) is 4.90 Å². The van der Waals surface area contributed by atoms with Gasteiger partial charge in [-0.3, -0.25) is 4.79 Å². The smallest absolute Gasteiger partial charge is 0.265 e. The molecule has 0 radical (unpaired) electrons. The summed E-state index contributed by atoms with van der Waals surface area (Å²) in [5.74, 6) is 0.0540. The second kappa shape index (κ2) is 6.93. The van der Waals surface area contributed by atoms with Crippen LogP contribution in [0.2, 0.25) is 5.02 Å². The molecule has 1 fully saturated rings. The maximum atomic E-state index is 13.0. The Balaban J connectivity index is 1.52. The van der Waals surface area contributed by atoms with E-state index in [-0.39, 0.29) is 5.91 Å². The predicted octanol–water partition coefficient (Wildman–Crippen LogP) is 5.13. The number of amides is 1. The maximum absolute atomic E-state index is 13.0. The van der Waals surface area contributed by atoms with Crippen LogP contribution in [0.1, 0.15) is 20.8 Å². The molecule has 1 aliphatic rings. The van der Waals surface area contributed by atoms with E-state index < -0.39 is 0 Å². The molecule has 2 aromatic carbocycles. The second-order valence-corrected chi connectivity index (χ2v) is 8.24. The Morgan fingerprint density at radius 1 is 1.04 bits per heavy atom. The Kier molecular flexibility index (Phi) is 4.63. The third kappa shape index (κ3) is 3.08. The first-order valence-corrected chi connectivity index (χ1v) is 10.0. The summed E-state index contributed by atoms with van der Waals surface area (Å²) in [5, 5.41) is 1.57. The molecule has 0 spiro atoms. The molecule has 0 aliphatic carbocycles. The van der Waals surface area contributed by atoms with Gasteiger partial charge >= 0.3 is 0 Å². The molecule has 4 rings (SSSR count). The summed E-state index contributed by atoms with van der Waals surface area (Å²) in [5.41, 5.74) is 3.71. The molecule has 0 atom stereocenters. The Bertz CT molecular complexity index is 973. The topological polar surface area (TPSA) is 23.6 Å². The van der Waals surface area contributed by atoms with Gasteiger partial charge in [-0.15, -0.1) is 11.3 Å². The fourth-order valence-electron chi connectivity index (χ4n) is 3.52.